The quantitative estimate of drug-likeness (QED) is 0.730. The molecule has 1 aromatic carbocycles. The Balaban J connectivity index is 2.43. The molecule has 1 heterocycles. The Morgan fingerprint density at radius 3 is 2.70 bits per heavy atom. The number of aromatic nitrogens is 1. The van der Waals surface area contributed by atoms with Gasteiger partial charge in [-0.2, -0.15) is 0 Å². The number of thiazole rings is 1. The van der Waals surface area contributed by atoms with E-state index in [1.54, 1.807) is 7.11 Å². The average molecular weight is 335 g/mol. The third kappa shape index (κ3) is 4.01. The van der Waals surface area contributed by atoms with Crippen LogP contribution in [0.3, 0.4) is 0 Å². The fraction of sp³-hybridized carbons (Fsp3) is 0.412. The van der Waals surface area contributed by atoms with Crippen LogP contribution < -0.4 is 9.47 Å². The van der Waals surface area contributed by atoms with Crippen molar-refractivity contribution >= 4 is 17.3 Å². The van der Waals surface area contributed by atoms with E-state index in [0.717, 1.165) is 18.4 Å². The highest BCUT2D eigenvalue weighted by Gasteiger charge is 2.19. The highest BCUT2D eigenvalue weighted by Crippen LogP contribution is 2.37. The monoisotopic (exact) mass is 335 g/mol. The van der Waals surface area contributed by atoms with E-state index in [0.29, 0.717) is 35.2 Å². The highest BCUT2D eigenvalue weighted by atomic mass is 32.1. The molecule has 1 N–H and O–H groups in total. The Bertz CT molecular complexity index is 681. The second kappa shape index (κ2) is 7.97. The standard InChI is InChI=1S/C17H21NO4S/c1-4-6-9-22-14-10-11(21-3)7-8-12(14)16-18-13(5-2)15(23-16)17(19)20/h7-8,10H,4-6,9H2,1-3H3,(H,19,20). The van der Waals surface area contributed by atoms with Crippen LogP contribution in [0.5, 0.6) is 11.5 Å². The van der Waals surface area contributed by atoms with Gasteiger partial charge in [-0.05, 0) is 25.0 Å². The number of hydrogen-bond acceptors (Lipinski definition) is 5. The Morgan fingerprint density at radius 1 is 1.35 bits per heavy atom. The SMILES string of the molecule is CCCCOc1cc(OC)ccc1-c1nc(CC)c(C(=O)O)s1. The first-order valence-electron chi connectivity index (χ1n) is 7.64. The van der Waals surface area contributed by atoms with Gasteiger partial charge in [0, 0.05) is 6.07 Å². The van der Waals surface area contributed by atoms with E-state index in [2.05, 4.69) is 11.9 Å². The van der Waals surface area contributed by atoms with Crippen LogP contribution in [0.2, 0.25) is 0 Å². The summed E-state index contributed by atoms with van der Waals surface area (Å²) in [6, 6.07) is 5.51. The van der Waals surface area contributed by atoms with Gasteiger partial charge in [0.2, 0.25) is 0 Å². The van der Waals surface area contributed by atoms with Gasteiger partial charge in [0.15, 0.2) is 0 Å². The summed E-state index contributed by atoms with van der Waals surface area (Å²) in [5, 5.41) is 9.96. The number of ether oxygens (including phenoxy) is 2. The Kier molecular flexibility index (Phi) is 5.98. The number of benzene rings is 1. The molecular weight excluding hydrogens is 314 g/mol. The molecule has 0 spiro atoms. The topological polar surface area (TPSA) is 68.7 Å². The van der Waals surface area contributed by atoms with Gasteiger partial charge in [0.05, 0.1) is 25.0 Å². The van der Waals surface area contributed by atoms with E-state index < -0.39 is 5.97 Å². The summed E-state index contributed by atoms with van der Waals surface area (Å²) in [6.45, 7) is 4.61. The van der Waals surface area contributed by atoms with Gasteiger partial charge in [0.1, 0.15) is 21.4 Å². The summed E-state index contributed by atoms with van der Waals surface area (Å²) in [5.41, 5.74) is 1.40. The lowest BCUT2D eigenvalue weighted by Crippen LogP contribution is -1.99. The maximum absolute atomic E-state index is 11.3. The first-order chi connectivity index (χ1) is 11.1. The van der Waals surface area contributed by atoms with Crippen molar-refractivity contribution in [3.63, 3.8) is 0 Å². The molecule has 124 valence electrons. The largest absolute Gasteiger partial charge is 0.497 e. The third-order valence-corrected chi connectivity index (χ3v) is 4.52. The van der Waals surface area contributed by atoms with Crippen molar-refractivity contribution in [2.45, 2.75) is 33.1 Å². The minimum absolute atomic E-state index is 0.290. The van der Waals surface area contributed by atoms with Crippen molar-refractivity contribution in [3.05, 3.63) is 28.8 Å². The highest BCUT2D eigenvalue weighted by molar-refractivity contribution is 7.17. The number of methoxy groups -OCH3 is 1. The van der Waals surface area contributed by atoms with Gasteiger partial charge in [-0.3, -0.25) is 0 Å². The van der Waals surface area contributed by atoms with Crippen LogP contribution in [-0.4, -0.2) is 29.8 Å². The molecule has 0 bridgehead atoms. The summed E-state index contributed by atoms with van der Waals surface area (Å²) in [5.74, 6) is 0.435. The first-order valence-corrected chi connectivity index (χ1v) is 8.46. The van der Waals surface area contributed by atoms with E-state index in [4.69, 9.17) is 9.47 Å². The van der Waals surface area contributed by atoms with Gasteiger partial charge in [-0.25, -0.2) is 9.78 Å². The maximum Gasteiger partial charge on any atom is 0.347 e. The second-order valence-corrected chi connectivity index (χ2v) is 6.02. The van der Waals surface area contributed by atoms with Gasteiger partial charge in [-0.1, -0.05) is 20.3 Å². The Labute approximate surface area is 139 Å². The molecule has 0 fully saturated rings. The fourth-order valence-corrected chi connectivity index (χ4v) is 3.15. The zero-order valence-electron chi connectivity index (χ0n) is 13.6. The van der Waals surface area contributed by atoms with Crippen LogP contribution >= 0.6 is 11.3 Å². The number of nitrogens with zero attached hydrogens (tertiary/aromatic N) is 1. The Morgan fingerprint density at radius 2 is 2.13 bits per heavy atom. The number of aromatic carboxylic acids is 1. The molecule has 0 aliphatic carbocycles. The molecule has 5 nitrogen and oxygen atoms in total. The number of hydrogen-bond donors (Lipinski definition) is 1. The summed E-state index contributed by atoms with van der Waals surface area (Å²) in [4.78, 5) is 16.1. The van der Waals surface area contributed by atoms with Gasteiger partial charge < -0.3 is 14.6 Å². The summed E-state index contributed by atoms with van der Waals surface area (Å²) < 4.78 is 11.1. The van der Waals surface area contributed by atoms with Crippen molar-refractivity contribution in [1.82, 2.24) is 4.98 Å². The van der Waals surface area contributed by atoms with Gasteiger partial charge >= 0.3 is 5.97 Å². The molecule has 0 radical (unpaired) electrons. The molecule has 0 unspecified atom stereocenters. The smallest absolute Gasteiger partial charge is 0.347 e. The normalized spacial score (nSPS) is 10.6. The first kappa shape index (κ1) is 17.3. The van der Waals surface area contributed by atoms with Crippen molar-refractivity contribution in [3.8, 4) is 22.1 Å². The van der Waals surface area contributed by atoms with Crippen molar-refractivity contribution in [2.24, 2.45) is 0 Å². The number of carboxylic acids is 1. The zero-order chi connectivity index (χ0) is 16.8. The maximum atomic E-state index is 11.3. The van der Waals surface area contributed by atoms with Crippen LogP contribution in [0.4, 0.5) is 0 Å². The number of aryl methyl sites for hydroxylation is 1. The fourth-order valence-electron chi connectivity index (χ4n) is 2.13. The van der Waals surface area contributed by atoms with Gasteiger partial charge in [0.25, 0.3) is 0 Å². The van der Waals surface area contributed by atoms with E-state index in [9.17, 15) is 9.90 Å². The van der Waals surface area contributed by atoms with Crippen molar-refractivity contribution < 1.29 is 19.4 Å². The molecule has 0 saturated heterocycles. The van der Waals surface area contributed by atoms with Crippen molar-refractivity contribution in [2.75, 3.05) is 13.7 Å². The van der Waals surface area contributed by atoms with E-state index in [1.165, 1.54) is 11.3 Å². The third-order valence-electron chi connectivity index (χ3n) is 3.40. The predicted octanol–water partition coefficient (Wildman–Crippen LogP) is 4.26. The molecule has 0 saturated carbocycles. The lowest BCUT2D eigenvalue weighted by molar-refractivity contribution is 0.0701. The molecule has 0 amide bonds. The molecule has 0 aliphatic heterocycles. The summed E-state index contributed by atoms with van der Waals surface area (Å²) in [7, 11) is 1.60. The van der Waals surface area contributed by atoms with Gasteiger partial charge in [-0.15, -0.1) is 11.3 Å². The minimum atomic E-state index is -0.937. The number of carboxylic acid groups (broad SMARTS) is 1. The number of unbranched alkanes of at least 4 members (excludes halogenated alkanes) is 1. The second-order valence-electron chi connectivity index (χ2n) is 5.02. The Hall–Kier alpha value is -2.08. The van der Waals surface area contributed by atoms with Crippen LogP contribution in [0, 0.1) is 0 Å². The van der Waals surface area contributed by atoms with E-state index in [-0.39, 0.29) is 4.88 Å². The summed E-state index contributed by atoms with van der Waals surface area (Å²) >= 11 is 1.18. The molecule has 0 aliphatic rings. The van der Waals surface area contributed by atoms with Crippen LogP contribution in [0.15, 0.2) is 18.2 Å². The van der Waals surface area contributed by atoms with E-state index in [1.807, 2.05) is 25.1 Å². The molecule has 2 aromatic rings. The zero-order valence-corrected chi connectivity index (χ0v) is 14.4. The van der Waals surface area contributed by atoms with Crippen LogP contribution in [0.25, 0.3) is 10.6 Å². The van der Waals surface area contributed by atoms with Crippen LogP contribution in [0.1, 0.15) is 42.1 Å². The lowest BCUT2D eigenvalue weighted by Gasteiger charge is -2.11. The molecule has 1 aromatic heterocycles. The van der Waals surface area contributed by atoms with Crippen LogP contribution in [-0.2, 0) is 6.42 Å². The molecular formula is C17H21NO4S. The molecule has 6 heteroatoms. The predicted molar refractivity (Wildman–Crippen MR) is 90.8 cm³/mol. The average Bonchev–Trinajstić information content (AvgIpc) is 2.99. The van der Waals surface area contributed by atoms with Crippen molar-refractivity contribution in [1.29, 1.82) is 0 Å². The summed E-state index contributed by atoms with van der Waals surface area (Å²) in [6.07, 6.45) is 2.58. The molecule has 23 heavy (non-hydrogen) atoms. The minimum Gasteiger partial charge on any atom is -0.497 e. The number of carbonyl (C=O) groups is 1. The molecule has 0 atom stereocenters. The van der Waals surface area contributed by atoms with E-state index >= 15 is 0 Å². The lowest BCUT2D eigenvalue weighted by atomic mass is 10.2. The molecule has 2 rings (SSSR count). The number of rotatable bonds is 8.